The third kappa shape index (κ3) is 2.99. The Kier molecular flexibility index (Phi) is 4.54. The van der Waals surface area contributed by atoms with E-state index in [-0.39, 0.29) is 0 Å². The van der Waals surface area contributed by atoms with E-state index < -0.39 is 6.29 Å². The Morgan fingerprint density at radius 3 is 3.00 bits per heavy atom. The minimum atomic E-state index is -0.936. The highest BCUT2D eigenvalue weighted by Crippen LogP contribution is 2.30. The van der Waals surface area contributed by atoms with Crippen molar-refractivity contribution in [2.45, 2.75) is 13.2 Å². The minimum absolute atomic E-state index is 0.451. The Bertz CT molecular complexity index is 465. The number of hydrogen-bond donors (Lipinski definition) is 2. The average Bonchev–Trinajstić information content (AvgIpc) is 2.87. The van der Waals surface area contributed by atoms with Gasteiger partial charge >= 0.3 is 0 Å². The first-order valence-corrected chi connectivity index (χ1v) is 6.47. The van der Waals surface area contributed by atoms with Crippen molar-refractivity contribution in [3.05, 3.63) is 11.8 Å². The summed E-state index contributed by atoms with van der Waals surface area (Å²) in [5.41, 5.74) is 1.30. The molecule has 1 unspecified atom stereocenters. The molecule has 1 atom stereocenters. The smallest absolute Gasteiger partial charge is 0.275 e. The molecule has 2 aromatic rings. The van der Waals surface area contributed by atoms with Crippen LogP contribution in [0, 0.1) is 0 Å². The number of methoxy groups -OCH3 is 1. The number of aromatic nitrogens is 2. The molecule has 0 aliphatic rings. The monoisotopic (exact) mass is 272 g/mol. The van der Waals surface area contributed by atoms with Crippen LogP contribution in [0.3, 0.4) is 0 Å². The summed E-state index contributed by atoms with van der Waals surface area (Å²) in [6.45, 7) is 3.28. The van der Waals surface area contributed by atoms with Crippen molar-refractivity contribution in [3.8, 4) is 5.19 Å². The van der Waals surface area contributed by atoms with Crippen molar-refractivity contribution in [2.75, 3.05) is 26.9 Å². The lowest BCUT2D eigenvalue weighted by Crippen LogP contribution is -2.04. The number of aliphatic hydroxyl groups is 1. The Morgan fingerprint density at radius 2 is 2.33 bits per heavy atom. The highest BCUT2D eigenvalue weighted by molar-refractivity contribution is 7.20. The fourth-order valence-corrected chi connectivity index (χ4v) is 2.31. The molecule has 0 bridgehead atoms. The lowest BCUT2D eigenvalue weighted by Gasteiger charge is -2.07. The molecule has 2 rings (SSSR count). The predicted octanol–water partition coefficient (Wildman–Crippen LogP) is 1.68. The predicted molar refractivity (Wildman–Crippen MR) is 67.9 cm³/mol. The Hall–Kier alpha value is -1.15. The van der Waals surface area contributed by atoms with E-state index in [1.807, 2.05) is 13.0 Å². The first kappa shape index (κ1) is 13.3. The lowest BCUT2D eigenvalue weighted by molar-refractivity contribution is -0.100. The molecule has 6 nitrogen and oxygen atoms in total. The number of thiazole rings is 1. The third-order valence-electron chi connectivity index (χ3n) is 2.29. The molecule has 0 aromatic carbocycles. The molecule has 0 saturated heterocycles. The molecule has 0 fully saturated rings. The van der Waals surface area contributed by atoms with Crippen molar-refractivity contribution >= 4 is 21.7 Å². The summed E-state index contributed by atoms with van der Waals surface area (Å²) < 4.78 is 16.3. The molecule has 0 saturated carbocycles. The van der Waals surface area contributed by atoms with Crippen LogP contribution in [0.4, 0.5) is 0 Å². The Balaban J connectivity index is 2.05. The largest absolute Gasteiger partial charge is 0.468 e. The zero-order valence-electron chi connectivity index (χ0n) is 10.3. The Morgan fingerprint density at radius 1 is 1.50 bits per heavy atom. The molecule has 100 valence electrons. The molecule has 0 aliphatic carbocycles. The molecule has 7 heteroatoms. The van der Waals surface area contributed by atoms with Crippen LogP contribution in [0.5, 0.6) is 5.19 Å². The zero-order valence-corrected chi connectivity index (χ0v) is 11.1. The van der Waals surface area contributed by atoms with Crippen LogP contribution in [0.15, 0.2) is 6.07 Å². The van der Waals surface area contributed by atoms with Crippen LogP contribution in [0.25, 0.3) is 10.3 Å². The van der Waals surface area contributed by atoms with Gasteiger partial charge in [-0.05, 0) is 13.0 Å². The van der Waals surface area contributed by atoms with Crippen LogP contribution < -0.4 is 4.74 Å². The normalized spacial score (nSPS) is 13.1. The molecule has 0 aliphatic heterocycles. The van der Waals surface area contributed by atoms with E-state index in [1.165, 1.54) is 11.3 Å². The average molecular weight is 272 g/mol. The number of nitrogens with zero attached hydrogens (tertiary/aromatic N) is 1. The summed E-state index contributed by atoms with van der Waals surface area (Å²) >= 11 is 1.42. The van der Waals surface area contributed by atoms with Crippen molar-refractivity contribution in [3.63, 3.8) is 0 Å². The number of aromatic amines is 1. The number of hydrogen-bond acceptors (Lipinski definition) is 6. The fraction of sp³-hybridized carbons (Fsp3) is 0.545. The van der Waals surface area contributed by atoms with Gasteiger partial charge in [-0.25, -0.2) is 0 Å². The fourth-order valence-electron chi connectivity index (χ4n) is 1.47. The molecular formula is C11H16N2O4S. The highest BCUT2D eigenvalue weighted by Gasteiger charge is 2.14. The first-order chi connectivity index (χ1) is 8.74. The van der Waals surface area contributed by atoms with Gasteiger partial charge in [0.05, 0.1) is 17.0 Å². The molecule has 0 radical (unpaired) electrons. The van der Waals surface area contributed by atoms with Crippen LogP contribution >= 0.6 is 11.3 Å². The van der Waals surface area contributed by atoms with Crippen LogP contribution in [0.1, 0.15) is 18.9 Å². The number of nitrogens with one attached hydrogen (secondary N) is 1. The van der Waals surface area contributed by atoms with Crippen molar-refractivity contribution in [1.29, 1.82) is 0 Å². The maximum absolute atomic E-state index is 9.66. The standard InChI is InChI=1S/C11H16N2O4S/c1-3-16-10(14)7-6-8-9(12-7)13-11(18-8)17-5-4-15-2/h6,10,12,14H,3-5H2,1-2H3. The van der Waals surface area contributed by atoms with Gasteiger partial charge in [0.15, 0.2) is 11.9 Å². The zero-order chi connectivity index (χ0) is 13.0. The van der Waals surface area contributed by atoms with Crippen LogP contribution in [-0.2, 0) is 9.47 Å². The number of aliphatic hydroxyl groups excluding tert-OH is 1. The quantitative estimate of drug-likeness (QED) is 0.592. The van der Waals surface area contributed by atoms with E-state index in [1.54, 1.807) is 7.11 Å². The highest BCUT2D eigenvalue weighted by atomic mass is 32.1. The van der Waals surface area contributed by atoms with Gasteiger partial charge in [0.25, 0.3) is 5.19 Å². The molecular weight excluding hydrogens is 256 g/mol. The second-order valence-electron chi connectivity index (χ2n) is 3.57. The van der Waals surface area contributed by atoms with Gasteiger partial charge in [-0.3, -0.25) is 0 Å². The molecule has 2 N–H and O–H groups in total. The topological polar surface area (TPSA) is 76.6 Å². The summed E-state index contributed by atoms with van der Waals surface area (Å²) in [7, 11) is 1.62. The van der Waals surface area contributed by atoms with E-state index >= 15 is 0 Å². The molecule has 2 heterocycles. The maximum Gasteiger partial charge on any atom is 0.275 e. The SMILES string of the molecule is CCOC(O)c1cc2sc(OCCOC)nc2[nH]1. The second kappa shape index (κ2) is 6.14. The van der Waals surface area contributed by atoms with Crippen LogP contribution in [-0.4, -0.2) is 42.0 Å². The summed E-state index contributed by atoms with van der Waals surface area (Å²) in [5.74, 6) is 0. The summed E-state index contributed by atoms with van der Waals surface area (Å²) in [5, 5.41) is 10.2. The van der Waals surface area contributed by atoms with E-state index in [0.717, 1.165) is 4.70 Å². The van der Waals surface area contributed by atoms with E-state index in [9.17, 15) is 5.11 Å². The first-order valence-electron chi connectivity index (χ1n) is 5.65. The van der Waals surface area contributed by atoms with Crippen molar-refractivity contribution < 1.29 is 19.3 Å². The van der Waals surface area contributed by atoms with Gasteiger partial charge in [0.1, 0.15) is 6.61 Å². The van der Waals surface area contributed by atoms with Crippen molar-refractivity contribution in [2.24, 2.45) is 0 Å². The summed E-state index contributed by atoms with van der Waals surface area (Å²) in [6, 6.07) is 1.82. The molecule has 2 aromatic heterocycles. The summed E-state index contributed by atoms with van der Waals surface area (Å²) in [6.07, 6.45) is -0.936. The number of ether oxygens (including phenoxy) is 3. The van der Waals surface area contributed by atoms with Crippen molar-refractivity contribution in [1.82, 2.24) is 9.97 Å². The van der Waals surface area contributed by atoms with Crippen LogP contribution in [0.2, 0.25) is 0 Å². The minimum Gasteiger partial charge on any atom is -0.468 e. The maximum atomic E-state index is 9.66. The van der Waals surface area contributed by atoms with Gasteiger partial charge in [-0.15, -0.1) is 0 Å². The Labute approximate surface area is 109 Å². The number of rotatable bonds is 7. The number of fused-ring (bicyclic) bond motifs is 1. The van der Waals surface area contributed by atoms with Gasteiger partial charge in [0.2, 0.25) is 0 Å². The summed E-state index contributed by atoms with van der Waals surface area (Å²) in [4.78, 5) is 7.27. The van der Waals surface area contributed by atoms with E-state index in [2.05, 4.69) is 9.97 Å². The van der Waals surface area contributed by atoms with E-state index in [4.69, 9.17) is 14.2 Å². The molecule has 18 heavy (non-hydrogen) atoms. The van der Waals surface area contributed by atoms with E-state index in [0.29, 0.717) is 36.4 Å². The molecule has 0 amide bonds. The van der Waals surface area contributed by atoms with Gasteiger partial charge in [0, 0.05) is 13.7 Å². The van der Waals surface area contributed by atoms with Gasteiger partial charge < -0.3 is 24.3 Å². The van der Waals surface area contributed by atoms with Gasteiger partial charge in [-0.1, -0.05) is 11.3 Å². The number of H-pyrrole nitrogens is 1. The second-order valence-corrected chi connectivity index (χ2v) is 4.56. The third-order valence-corrected chi connectivity index (χ3v) is 3.20. The van der Waals surface area contributed by atoms with Gasteiger partial charge in [-0.2, -0.15) is 4.98 Å². The lowest BCUT2D eigenvalue weighted by atomic mass is 10.4. The molecule has 0 spiro atoms.